The summed E-state index contributed by atoms with van der Waals surface area (Å²) in [6.07, 6.45) is 0.842. The number of hydrogen-bond donors (Lipinski definition) is 1. The Morgan fingerprint density at radius 1 is 1.12 bits per heavy atom. The molecule has 1 aliphatic heterocycles. The maximum atomic E-state index is 14.2. The van der Waals surface area contributed by atoms with Crippen LogP contribution in [0.5, 0.6) is 0 Å². The quantitative estimate of drug-likeness (QED) is 0.361. The molecule has 9 heteroatoms. The van der Waals surface area contributed by atoms with Gasteiger partial charge in [0.15, 0.2) is 0 Å². The number of nitrogens with zero attached hydrogens (tertiary/aromatic N) is 2. The van der Waals surface area contributed by atoms with Gasteiger partial charge >= 0.3 is 0 Å². The highest BCUT2D eigenvalue weighted by atomic mass is 35.5. The summed E-state index contributed by atoms with van der Waals surface area (Å²) in [5, 5.41) is 4.19. The molecule has 1 N–H and O–H groups in total. The summed E-state index contributed by atoms with van der Waals surface area (Å²) in [5.41, 5.74) is 2.37. The molecule has 3 heterocycles. The van der Waals surface area contributed by atoms with Gasteiger partial charge in [-0.25, -0.2) is 13.8 Å². The average Bonchev–Trinajstić information content (AvgIpc) is 3.33. The third kappa shape index (κ3) is 4.03. The fourth-order valence-corrected chi connectivity index (χ4v) is 6.30. The van der Waals surface area contributed by atoms with E-state index in [1.807, 2.05) is 24.3 Å². The number of carbonyl (C=O) groups excluding carboxylic acids is 1. The maximum absolute atomic E-state index is 14.2. The van der Waals surface area contributed by atoms with Crippen molar-refractivity contribution >= 4 is 56.2 Å². The number of thiazole rings is 1. The van der Waals surface area contributed by atoms with Crippen LogP contribution in [0.1, 0.15) is 27.7 Å². The zero-order chi connectivity index (χ0) is 21.5. The minimum Gasteiger partial charge on any atom is -0.313 e. The van der Waals surface area contributed by atoms with Crippen molar-refractivity contribution in [3.63, 3.8) is 0 Å². The first-order valence-electron chi connectivity index (χ1n) is 10.0. The highest BCUT2D eigenvalue weighted by Gasteiger charge is 2.28. The molecule has 0 unspecified atom stereocenters. The minimum atomic E-state index is -0.877. The highest BCUT2D eigenvalue weighted by molar-refractivity contribution is 7.23. The largest absolute Gasteiger partial charge is 0.313 e. The Balaban J connectivity index is 0.00000245. The van der Waals surface area contributed by atoms with E-state index in [1.165, 1.54) is 17.4 Å². The maximum Gasteiger partial charge on any atom is 0.262 e. The van der Waals surface area contributed by atoms with Crippen LogP contribution in [0, 0.1) is 11.6 Å². The van der Waals surface area contributed by atoms with Crippen molar-refractivity contribution in [3.8, 4) is 10.6 Å². The number of benzene rings is 2. The molecular weight excluding hydrogens is 472 g/mol. The molecule has 166 valence electrons. The highest BCUT2D eigenvalue weighted by Crippen LogP contribution is 2.45. The van der Waals surface area contributed by atoms with Crippen LogP contribution >= 0.6 is 35.1 Å². The number of aromatic nitrogens is 1. The van der Waals surface area contributed by atoms with Gasteiger partial charge in [-0.3, -0.25) is 9.69 Å². The summed E-state index contributed by atoms with van der Waals surface area (Å²) >= 11 is 3.03. The summed E-state index contributed by atoms with van der Waals surface area (Å²) in [7, 11) is 0. The Labute approximate surface area is 198 Å². The SMILES string of the molecule is CCN1CCc2c(sc(NC(=O)c3c(F)cccc3F)c2-c2nc3ccccc3s2)C1.Cl. The first kappa shape index (κ1) is 22.8. The number of nitrogens with one attached hydrogen (secondary N) is 1. The van der Waals surface area contributed by atoms with Gasteiger partial charge in [0.25, 0.3) is 5.91 Å². The van der Waals surface area contributed by atoms with Crippen LogP contribution in [-0.4, -0.2) is 28.9 Å². The zero-order valence-corrected chi connectivity index (χ0v) is 19.6. The second-order valence-corrected chi connectivity index (χ2v) is 9.50. The molecule has 0 spiro atoms. The second kappa shape index (κ2) is 9.23. The van der Waals surface area contributed by atoms with E-state index < -0.39 is 23.1 Å². The van der Waals surface area contributed by atoms with Gasteiger partial charge in [-0.05, 0) is 42.8 Å². The molecule has 0 bridgehead atoms. The topological polar surface area (TPSA) is 45.2 Å². The van der Waals surface area contributed by atoms with Crippen molar-refractivity contribution in [1.82, 2.24) is 9.88 Å². The molecule has 0 fully saturated rings. The number of amides is 1. The van der Waals surface area contributed by atoms with Crippen molar-refractivity contribution < 1.29 is 13.6 Å². The number of hydrogen-bond acceptors (Lipinski definition) is 5. The lowest BCUT2D eigenvalue weighted by molar-refractivity contribution is 0.101. The monoisotopic (exact) mass is 491 g/mol. The number of carbonyl (C=O) groups is 1. The van der Waals surface area contributed by atoms with E-state index in [2.05, 4.69) is 17.1 Å². The van der Waals surface area contributed by atoms with Gasteiger partial charge in [0.2, 0.25) is 0 Å². The van der Waals surface area contributed by atoms with Crippen molar-refractivity contribution in [3.05, 3.63) is 70.1 Å². The average molecular weight is 492 g/mol. The molecule has 32 heavy (non-hydrogen) atoms. The molecular formula is C23H20ClF2N3OS2. The number of thiophene rings is 1. The van der Waals surface area contributed by atoms with E-state index in [1.54, 1.807) is 11.3 Å². The molecule has 0 saturated carbocycles. The van der Waals surface area contributed by atoms with Gasteiger partial charge in [-0.1, -0.05) is 25.1 Å². The van der Waals surface area contributed by atoms with E-state index in [-0.39, 0.29) is 12.4 Å². The lowest BCUT2D eigenvalue weighted by Gasteiger charge is -2.25. The van der Waals surface area contributed by atoms with Crippen LogP contribution in [0.2, 0.25) is 0 Å². The third-order valence-electron chi connectivity index (χ3n) is 5.51. The number of likely N-dealkylation sites (N-methyl/N-ethyl adjacent to an activating group) is 1. The molecule has 2 aromatic carbocycles. The Morgan fingerprint density at radius 2 is 1.88 bits per heavy atom. The summed E-state index contributed by atoms with van der Waals surface area (Å²) in [6.45, 7) is 4.78. The standard InChI is InChI=1S/C23H19F2N3OS2.ClH/c1-2-28-11-10-13-18(12-28)31-23(27-21(29)20-14(24)6-5-7-15(20)25)19(13)22-26-16-8-3-4-9-17(16)30-22;/h3-9H,2,10-12H2,1H3,(H,27,29);1H. The van der Waals surface area contributed by atoms with Gasteiger partial charge in [0.05, 0.1) is 10.2 Å². The van der Waals surface area contributed by atoms with Crippen LogP contribution in [0.25, 0.3) is 20.8 Å². The number of para-hydroxylation sites is 1. The normalized spacial score (nSPS) is 13.6. The van der Waals surface area contributed by atoms with E-state index in [0.717, 1.165) is 69.4 Å². The number of fused-ring (bicyclic) bond motifs is 2. The Hall–Kier alpha value is -2.39. The van der Waals surface area contributed by atoms with Crippen molar-refractivity contribution in [2.24, 2.45) is 0 Å². The van der Waals surface area contributed by atoms with E-state index >= 15 is 0 Å². The molecule has 0 atom stereocenters. The molecule has 1 amide bonds. The molecule has 5 rings (SSSR count). The van der Waals surface area contributed by atoms with Gasteiger partial charge in [-0.2, -0.15) is 0 Å². The molecule has 0 saturated heterocycles. The number of anilines is 1. The Kier molecular flexibility index (Phi) is 6.57. The first-order chi connectivity index (χ1) is 15.0. The molecule has 0 aliphatic carbocycles. The zero-order valence-electron chi connectivity index (χ0n) is 17.2. The van der Waals surface area contributed by atoms with Crippen LogP contribution in [0.3, 0.4) is 0 Å². The molecule has 0 radical (unpaired) electrons. The Morgan fingerprint density at radius 3 is 2.59 bits per heavy atom. The summed E-state index contributed by atoms with van der Waals surface area (Å²) in [4.78, 5) is 21.1. The summed E-state index contributed by atoms with van der Waals surface area (Å²) < 4.78 is 29.4. The van der Waals surface area contributed by atoms with Crippen molar-refractivity contribution in [2.45, 2.75) is 19.9 Å². The van der Waals surface area contributed by atoms with Crippen molar-refractivity contribution in [1.29, 1.82) is 0 Å². The molecule has 4 nitrogen and oxygen atoms in total. The number of halogens is 3. The summed E-state index contributed by atoms with van der Waals surface area (Å²) in [5.74, 6) is -2.54. The minimum absolute atomic E-state index is 0. The predicted octanol–water partition coefficient (Wildman–Crippen LogP) is 6.36. The Bertz CT molecular complexity index is 1250. The van der Waals surface area contributed by atoms with E-state index in [0.29, 0.717) is 5.00 Å². The lowest BCUT2D eigenvalue weighted by Crippen LogP contribution is -2.29. The first-order valence-corrected chi connectivity index (χ1v) is 11.7. The van der Waals surface area contributed by atoms with Gasteiger partial charge in [0.1, 0.15) is 27.2 Å². The second-order valence-electron chi connectivity index (χ2n) is 7.36. The van der Waals surface area contributed by atoms with Crippen LogP contribution in [0.4, 0.5) is 13.8 Å². The number of rotatable bonds is 4. The predicted molar refractivity (Wildman–Crippen MR) is 129 cm³/mol. The molecule has 1 aliphatic rings. The van der Waals surface area contributed by atoms with Crippen LogP contribution < -0.4 is 5.32 Å². The molecule has 4 aromatic rings. The van der Waals surface area contributed by atoms with Crippen molar-refractivity contribution in [2.75, 3.05) is 18.4 Å². The van der Waals surface area contributed by atoms with Crippen LogP contribution in [0.15, 0.2) is 42.5 Å². The van der Waals surface area contributed by atoms with Gasteiger partial charge in [-0.15, -0.1) is 35.1 Å². The van der Waals surface area contributed by atoms with E-state index in [9.17, 15) is 13.6 Å². The van der Waals surface area contributed by atoms with E-state index in [4.69, 9.17) is 4.98 Å². The summed E-state index contributed by atoms with van der Waals surface area (Å²) in [6, 6.07) is 11.3. The van der Waals surface area contributed by atoms with Crippen LogP contribution in [-0.2, 0) is 13.0 Å². The lowest BCUT2D eigenvalue weighted by atomic mass is 10.0. The smallest absolute Gasteiger partial charge is 0.262 e. The third-order valence-corrected chi connectivity index (χ3v) is 7.69. The molecule has 2 aromatic heterocycles. The van der Waals surface area contributed by atoms with Gasteiger partial charge in [0, 0.05) is 23.5 Å². The fraction of sp³-hybridized carbons (Fsp3) is 0.217. The van der Waals surface area contributed by atoms with Gasteiger partial charge < -0.3 is 5.32 Å². The fourth-order valence-electron chi connectivity index (χ4n) is 3.90.